The number of nitrogens with zero attached hydrogens (tertiary/aromatic N) is 1. The molecule has 0 aromatic heterocycles. The molecular formula is C24H38N6O8. The Morgan fingerprint density at radius 1 is 1.05 bits per heavy atom. The maximum Gasteiger partial charge on any atom is 0.325 e. The van der Waals surface area contributed by atoms with Crippen LogP contribution in [-0.2, 0) is 33.4 Å². The van der Waals surface area contributed by atoms with E-state index in [1.807, 2.05) is 0 Å². The summed E-state index contributed by atoms with van der Waals surface area (Å²) >= 11 is 0. The topological polar surface area (TPSA) is 198 Å². The van der Waals surface area contributed by atoms with E-state index in [2.05, 4.69) is 21.3 Å². The molecule has 0 bridgehead atoms. The lowest BCUT2D eigenvalue weighted by atomic mass is 9.85. The van der Waals surface area contributed by atoms with E-state index in [1.165, 1.54) is 4.90 Å². The van der Waals surface area contributed by atoms with Crippen LogP contribution in [-0.4, -0.2) is 97.1 Å². The number of amides is 5. The number of carbonyl (C=O) groups is 6. The van der Waals surface area contributed by atoms with Gasteiger partial charge in [-0.05, 0) is 31.1 Å². The summed E-state index contributed by atoms with van der Waals surface area (Å²) in [5, 5.41) is 10.4. The van der Waals surface area contributed by atoms with E-state index in [-0.39, 0.29) is 25.2 Å². The fourth-order valence-electron chi connectivity index (χ4n) is 4.33. The van der Waals surface area contributed by atoms with Gasteiger partial charge >= 0.3 is 12.0 Å². The van der Waals surface area contributed by atoms with Gasteiger partial charge in [0.05, 0.1) is 13.2 Å². The molecule has 0 radical (unpaired) electrons. The average molecular weight is 539 g/mol. The quantitative estimate of drug-likeness (QED) is 0.115. The zero-order valence-corrected chi connectivity index (χ0v) is 22.0. The summed E-state index contributed by atoms with van der Waals surface area (Å²) in [6.45, 7) is 6.00. The first-order valence-electron chi connectivity index (χ1n) is 12.9. The minimum absolute atomic E-state index is 0.00155. The van der Waals surface area contributed by atoms with Crippen molar-refractivity contribution in [1.29, 1.82) is 0 Å². The SMILES string of the molecule is CC(C)(C)C(NC(=O)NCC(=O)OC1CCOC1)C(=O)N1CCC[C@H]1C(=O)NC(NC1CC1)C(=O)C(N)=O. The Balaban J connectivity index is 1.60. The number of ether oxygens (including phenoxy) is 2. The van der Waals surface area contributed by atoms with Gasteiger partial charge in [0.15, 0.2) is 0 Å². The molecule has 0 spiro atoms. The molecule has 2 saturated heterocycles. The Hall–Kier alpha value is -3.26. The zero-order chi connectivity index (χ0) is 28.0. The molecule has 14 nitrogen and oxygen atoms in total. The van der Waals surface area contributed by atoms with Crippen LogP contribution in [0.2, 0.25) is 0 Å². The number of nitrogens with two attached hydrogens (primary N) is 1. The minimum Gasteiger partial charge on any atom is -0.459 e. The summed E-state index contributed by atoms with van der Waals surface area (Å²) < 4.78 is 10.4. The van der Waals surface area contributed by atoms with Crippen LogP contribution in [0, 0.1) is 5.41 Å². The number of hydrogen-bond donors (Lipinski definition) is 5. The molecule has 3 unspecified atom stereocenters. The predicted molar refractivity (Wildman–Crippen MR) is 132 cm³/mol. The highest BCUT2D eigenvalue weighted by molar-refractivity contribution is 6.37. The van der Waals surface area contributed by atoms with Crippen LogP contribution in [0.4, 0.5) is 4.79 Å². The van der Waals surface area contributed by atoms with E-state index in [4.69, 9.17) is 15.2 Å². The Labute approximate surface area is 221 Å². The van der Waals surface area contributed by atoms with E-state index >= 15 is 0 Å². The fourth-order valence-corrected chi connectivity index (χ4v) is 4.33. The Kier molecular flexibility index (Phi) is 9.66. The first-order valence-corrected chi connectivity index (χ1v) is 12.9. The summed E-state index contributed by atoms with van der Waals surface area (Å²) in [5.74, 6) is -3.84. The van der Waals surface area contributed by atoms with Crippen LogP contribution in [0.1, 0.15) is 52.9 Å². The average Bonchev–Trinajstić information content (AvgIpc) is 3.29. The van der Waals surface area contributed by atoms with Gasteiger partial charge in [-0.3, -0.25) is 29.3 Å². The lowest BCUT2D eigenvalue weighted by molar-refractivity contribution is -0.147. The predicted octanol–water partition coefficient (Wildman–Crippen LogP) is -1.73. The van der Waals surface area contributed by atoms with Gasteiger partial charge in [-0.2, -0.15) is 0 Å². The molecule has 14 heteroatoms. The van der Waals surface area contributed by atoms with Gasteiger partial charge < -0.3 is 36.1 Å². The van der Waals surface area contributed by atoms with Gasteiger partial charge in [0.25, 0.3) is 11.7 Å². The fraction of sp³-hybridized carbons (Fsp3) is 0.750. The van der Waals surface area contributed by atoms with Crippen LogP contribution >= 0.6 is 0 Å². The van der Waals surface area contributed by atoms with Crippen LogP contribution in [0.3, 0.4) is 0 Å². The number of Topliss-reactive ketones (excluding diaryl/α,β-unsaturated/α-hetero) is 1. The molecule has 1 saturated carbocycles. The van der Waals surface area contributed by atoms with Gasteiger partial charge in [0.2, 0.25) is 11.8 Å². The van der Waals surface area contributed by atoms with Gasteiger partial charge in [0, 0.05) is 19.0 Å². The van der Waals surface area contributed by atoms with E-state index in [9.17, 15) is 28.8 Å². The molecule has 3 fully saturated rings. The van der Waals surface area contributed by atoms with Crippen molar-refractivity contribution in [2.24, 2.45) is 11.1 Å². The molecule has 4 atom stereocenters. The second-order valence-electron chi connectivity index (χ2n) is 10.9. The van der Waals surface area contributed by atoms with Crippen LogP contribution in [0.25, 0.3) is 0 Å². The van der Waals surface area contributed by atoms with Gasteiger partial charge in [-0.15, -0.1) is 0 Å². The molecule has 1 aliphatic carbocycles. The second-order valence-corrected chi connectivity index (χ2v) is 10.9. The molecular weight excluding hydrogens is 500 g/mol. The van der Waals surface area contributed by atoms with E-state index in [1.54, 1.807) is 20.8 Å². The molecule has 212 valence electrons. The largest absolute Gasteiger partial charge is 0.459 e. The number of carbonyl (C=O) groups excluding carboxylic acids is 6. The van der Waals surface area contributed by atoms with Crippen molar-refractivity contribution in [3.05, 3.63) is 0 Å². The first kappa shape index (κ1) is 29.3. The lowest BCUT2D eigenvalue weighted by Crippen LogP contribution is -2.61. The number of rotatable bonds is 11. The summed E-state index contributed by atoms with van der Waals surface area (Å²) in [6, 6.07) is -2.66. The molecule has 5 amide bonds. The molecule has 2 heterocycles. The normalized spacial score (nSPS) is 22.8. The van der Waals surface area contributed by atoms with Gasteiger partial charge in [-0.1, -0.05) is 20.8 Å². The van der Waals surface area contributed by atoms with E-state index in [0.29, 0.717) is 32.5 Å². The summed E-state index contributed by atoms with van der Waals surface area (Å²) in [7, 11) is 0. The highest BCUT2D eigenvalue weighted by Crippen LogP contribution is 2.26. The monoisotopic (exact) mass is 538 g/mol. The van der Waals surface area contributed by atoms with Crippen molar-refractivity contribution in [2.75, 3.05) is 26.3 Å². The highest BCUT2D eigenvalue weighted by Gasteiger charge is 2.43. The number of urea groups is 1. The molecule has 3 rings (SSSR count). The van der Waals surface area contributed by atoms with Crippen molar-refractivity contribution < 1.29 is 38.2 Å². The maximum atomic E-state index is 13.6. The third-order valence-corrected chi connectivity index (χ3v) is 6.58. The maximum absolute atomic E-state index is 13.6. The number of esters is 1. The number of ketones is 1. The second kappa shape index (κ2) is 12.5. The number of primary amides is 1. The van der Waals surface area contributed by atoms with Crippen LogP contribution < -0.4 is 27.0 Å². The Morgan fingerprint density at radius 3 is 2.34 bits per heavy atom. The zero-order valence-electron chi connectivity index (χ0n) is 22.0. The minimum atomic E-state index is -1.28. The molecule has 6 N–H and O–H groups in total. The number of hydrogen-bond acceptors (Lipinski definition) is 9. The van der Waals surface area contributed by atoms with Crippen molar-refractivity contribution in [1.82, 2.24) is 26.2 Å². The summed E-state index contributed by atoms with van der Waals surface area (Å²) in [6.07, 6.45) is 1.47. The standard InChI is InChI=1S/C24H38N6O8/c1-24(2,3)18(28-23(36)26-11-16(31)38-14-8-10-37-12-14)22(35)30-9-4-5-15(30)21(34)29-20(17(32)19(25)33)27-13-6-7-13/h13-15,18,20,27H,4-12H2,1-3H3,(H2,25,33)(H,29,34)(H2,26,28,36)/t14?,15-,18?,20?/m0/s1. The molecule has 0 aromatic carbocycles. The lowest BCUT2D eigenvalue weighted by Gasteiger charge is -2.35. The third kappa shape index (κ3) is 8.12. The Bertz CT molecular complexity index is 941. The number of likely N-dealkylation sites (tertiary alicyclic amines) is 1. The smallest absolute Gasteiger partial charge is 0.325 e. The van der Waals surface area contributed by atoms with Crippen molar-refractivity contribution in [3.8, 4) is 0 Å². The molecule has 38 heavy (non-hydrogen) atoms. The summed E-state index contributed by atoms with van der Waals surface area (Å²) in [5.41, 5.74) is 4.39. The van der Waals surface area contributed by atoms with Gasteiger partial charge in [0.1, 0.15) is 30.9 Å². The third-order valence-electron chi connectivity index (χ3n) is 6.58. The summed E-state index contributed by atoms with van der Waals surface area (Å²) in [4.78, 5) is 76.3. The van der Waals surface area contributed by atoms with Crippen LogP contribution in [0.15, 0.2) is 0 Å². The van der Waals surface area contributed by atoms with Crippen LogP contribution in [0.5, 0.6) is 0 Å². The number of nitrogens with one attached hydrogen (secondary N) is 4. The highest BCUT2D eigenvalue weighted by atomic mass is 16.6. The first-order chi connectivity index (χ1) is 17.9. The Morgan fingerprint density at radius 2 is 1.76 bits per heavy atom. The molecule has 3 aliphatic rings. The van der Waals surface area contributed by atoms with Gasteiger partial charge in [-0.25, -0.2) is 4.79 Å². The van der Waals surface area contributed by atoms with Crippen molar-refractivity contribution in [3.63, 3.8) is 0 Å². The van der Waals surface area contributed by atoms with Crippen molar-refractivity contribution in [2.45, 2.75) is 83.3 Å². The van der Waals surface area contributed by atoms with Crippen molar-refractivity contribution >= 4 is 35.5 Å². The molecule has 0 aromatic rings. The van der Waals surface area contributed by atoms with E-state index < -0.39 is 59.2 Å². The van der Waals surface area contributed by atoms with E-state index in [0.717, 1.165) is 12.8 Å². The molecule has 2 aliphatic heterocycles.